The van der Waals surface area contributed by atoms with Crippen LogP contribution in [0.2, 0.25) is 0 Å². The Hall–Kier alpha value is -2.60. The first-order chi connectivity index (χ1) is 13.3. The molecule has 2 aromatic rings. The largest absolute Gasteiger partial charge is 0.336 e. The molecule has 5 nitrogen and oxygen atoms in total. The van der Waals surface area contributed by atoms with Crippen LogP contribution in [0, 0.1) is 0 Å². The highest BCUT2D eigenvalue weighted by molar-refractivity contribution is 8.18. The van der Waals surface area contributed by atoms with E-state index in [9.17, 15) is 14.4 Å². The van der Waals surface area contributed by atoms with Crippen molar-refractivity contribution in [1.29, 1.82) is 0 Å². The molecule has 1 heterocycles. The first-order valence-electron chi connectivity index (χ1n) is 9.34. The second-order valence-corrected chi connectivity index (χ2v) is 8.32. The van der Waals surface area contributed by atoms with Gasteiger partial charge < -0.3 is 4.90 Å². The highest BCUT2D eigenvalue weighted by atomic mass is 32.2. The molecule has 1 aliphatic rings. The van der Waals surface area contributed by atoms with Crippen molar-refractivity contribution < 1.29 is 14.4 Å². The number of hydrogen-bond donors (Lipinski definition) is 0. The van der Waals surface area contributed by atoms with Gasteiger partial charge in [0.2, 0.25) is 5.91 Å². The van der Waals surface area contributed by atoms with Gasteiger partial charge in [-0.15, -0.1) is 0 Å². The van der Waals surface area contributed by atoms with Crippen molar-refractivity contribution in [3.05, 3.63) is 52.9 Å². The average molecular weight is 397 g/mol. The molecule has 2 aromatic carbocycles. The summed E-state index contributed by atoms with van der Waals surface area (Å²) in [5, 5.41) is 1.67. The molecule has 0 spiro atoms. The van der Waals surface area contributed by atoms with Crippen molar-refractivity contribution in [2.24, 2.45) is 0 Å². The van der Waals surface area contributed by atoms with Crippen LogP contribution in [0.1, 0.15) is 33.3 Å². The van der Waals surface area contributed by atoms with E-state index in [0.29, 0.717) is 4.91 Å². The topological polar surface area (TPSA) is 57.7 Å². The molecule has 0 radical (unpaired) electrons. The van der Waals surface area contributed by atoms with Crippen molar-refractivity contribution in [3.63, 3.8) is 0 Å². The maximum Gasteiger partial charge on any atom is 0.294 e. The molecule has 0 atom stereocenters. The number of nitrogens with zero attached hydrogens (tertiary/aromatic N) is 2. The van der Waals surface area contributed by atoms with Crippen molar-refractivity contribution in [3.8, 4) is 0 Å². The predicted octanol–water partition coefficient (Wildman–Crippen LogP) is 4.52. The van der Waals surface area contributed by atoms with E-state index in [1.165, 1.54) is 0 Å². The standard InChI is InChI=1S/C22H24N2O3S/c1-14(2)24(15(3)4)20(25)13-23-21(26)19(28-22(23)27)12-17-10-7-9-16-8-5-6-11-18(16)17/h5-12,14-15H,13H2,1-4H3/b19-12-. The van der Waals surface area contributed by atoms with Crippen LogP contribution in [0.5, 0.6) is 0 Å². The Labute approximate surface area is 169 Å². The molecule has 1 saturated heterocycles. The van der Waals surface area contributed by atoms with Crippen LogP contribution >= 0.6 is 11.8 Å². The van der Waals surface area contributed by atoms with E-state index in [4.69, 9.17) is 0 Å². The van der Waals surface area contributed by atoms with Gasteiger partial charge in [0.25, 0.3) is 11.1 Å². The second kappa shape index (κ2) is 8.19. The third-order valence-electron chi connectivity index (χ3n) is 4.68. The fourth-order valence-corrected chi connectivity index (χ4v) is 4.37. The molecule has 0 bridgehead atoms. The highest BCUT2D eigenvalue weighted by Gasteiger charge is 2.37. The number of rotatable bonds is 5. The lowest BCUT2D eigenvalue weighted by Gasteiger charge is -2.31. The molecule has 0 N–H and O–H groups in total. The summed E-state index contributed by atoms with van der Waals surface area (Å²) in [6.45, 7) is 7.46. The van der Waals surface area contributed by atoms with Gasteiger partial charge in [0.05, 0.1) is 4.91 Å². The lowest BCUT2D eigenvalue weighted by atomic mass is 10.0. The van der Waals surface area contributed by atoms with E-state index in [0.717, 1.165) is 33.0 Å². The van der Waals surface area contributed by atoms with Crippen LogP contribution < -0.4 is 0 Å². The first kappa shape index (κ1) is 20.1. The third-order valence-corrected chi connectivity index (χ3v) is 5.58. The first-order valence-corrected chi connectivity index (χ1v) is 10.2. The Balaban J connectivity index is 1.85. The zero-order chi connectivity index (χ0) is 20.4. The zero-order valence-electron chi connectivity index (χ0n) is 16.5. The van der Waals surface area contributed by atoms with Gasteiger partial charge in [0, 0.05) is 12.1 Å². The van der Waals surface area contributed by atoms with Crippen molar-refractivity contribution >= 4 is 45.7 Å². The minimum Gasteiger partial charge on any atom is -0.336 e. The van der Waals surface area contributed by atoms with Crippen LogP contribution in [0.15, 0.2) is 47.4 Å². The maximum atomic E-state index is 12.8. The van der Waals surface area contributed by atoms with Crippen LogP contribution in [0.25, 0.3) is 16.8 Å². The molecular weight excluding hydrogens is 372 g/mol. The molecule has 1 fully saturated rings. The predicted molar refractivity (Wildman–Crippen MR) is 114 cm³/mol. The lowest BCUT2D eigenvalue weighted by Crippen LogP contribution is -2.48. The Morgan fingerprint density at radius 1 is 1.04 bits per heavy atom. The Kier molecular flexibility index (Phi) is 5.89. The number of carbonyl (C=O) groups excluding carboxylic acids is 3. The third kappa shape index (κ3) is 3.97. The molecule has 28 heavy (non-hydrogen) atoms. The SMILES string of the molecule is CC(C)N(C(=O)CN1C(=O)S/C(=C\c2cccc3ccccc23)C1=O)C(C)C. The minimum atomic E-state index is -0.413. The Morgan fingerprint density at radius 3 is 2.36 bits per heavy atom. The summed E-state index contributed by atoms with van der Waals surface area (Å²) in [6, 6.07) is 13.7. The normalized spacial score (nSPS) is 16.1. The van der Waals surface area contributed by atoms with Crippen LogP contribution in [-0.2, 0) is 9.59 Å². The van der Waals surface area contributed by atoms with Gasteiger partial charge in [0.1, 0.15) is 6.54 Å². The quantitative estimate of drug-likeness (QED) is 0.697. The van der Waals surface area contributed by atoms with Gasteiger partial charge >= 0.3 is 0 Å². The minimum absolute atomic E-state index is 0.00124. The Bertz CT molecular complexity index is 952. The van der Waals surface area contributed by atoms with Gasteiger partial charge in [-0.05, 0) is 61.9 Å². The number of fused-ring (bicyclic) bond motifs is 1. The molecule has 0 aliphatic carbocycles. The fourth-order valence-electron chi connectivity index (χ4n) is 3.54. The average Bonchev–Trinajstić information content (AvgIpc) is 2.89. The van der Waals surface area contributed by atoms with Gasteiger partial charge in [0.15, 0.2) is 0 Å². The van der Waals surface area contributed by atoms with E-state index in [2.05, 4.69) is 0 Å². The van der Waals surface area contributed by atoms with Crippen molar-refractivity contribution in [2.75, 3.05) is 6.54 Å². The van der Waals surface area contributed by atoms with Gasteiger partial charge in [-0.25, -0.2) is 0 Å². The number of amides is 3. The fraction of sp³-hybridized carbons (Fsp3) is 0.318. The van der Waals surface area contributed by atoms with Gasteiger partial charge in [-0.3, -0.25) is 19.3 Å². The molecule has 0 unspecified atom stereocenters. The number of hydrogen-bond acceptors (Lipinski definition) is 4. The molecule has 3 amide bonds. The van der Waals surface area contributed by atoms with Crippen molar-refractivity contribution in [2.45, 2.75) is 39.8 Å². The number of carbonyl (C=O) groups is 3. The summed E-state index contributed by atoms with van der Waals surface area (Å²) in [5.41, 5.74) is 0.876. The van der Waals surface area contributed by atoms with E-state index in [-0.39, 0.29) is 24.5 Å². The molecule has 0 saturated carbocycles. The van der Waals surface area contributed by atoms with Crippen LogP contribution in [-0.4, -0.2) is 45.5 Å². The molecule has 1 aliphatic heterocycles. The van der Waals surface area contributed by atoms with Gasteiger partial charge in [-0.1, -0.05) is 42.5 Å². The number of benzene rings is 2. The highest BCUT2D eigenvalue weighted by Crippen LogP contribution is 2.33. The lowest BCUT2D eigenvalue weighted by molar-refractivity contribution is -0.138. The smallest absolute Gasteiger partial charge is 0.294 e. The molecule has 3 rings (SSSR count). The molecular formula is C22H24N2O3S. The number of imide groups is 1. The monoisotopic (exact) mass is 396 g/mol. The molecule has 0 aromatic heterocycles. The summed E-state index contributed by atoms with van der Waals surface area (Å²) < 4.78 is 0. The Morgan fingerprint density at radius 2 is 1.68 bits per heavy atom. The molecule has 146 valence electrons. The van der Waals surface area contributed by atoms with Crippen molar-refractivity contribution in [1.82, 2.24) is 9.80 Å². The van der Waals surface area contributed by atoms with Gasteiger partial charge in [-0.2, -0.15) is 0 Å². The summed E-state index contributed by atoms with van der Waals surface area (Å²) in [7, 11) is 0. The van der Waals surface area contributed by atoms with E-state index in [1.807, 2.05) is 70.2 Å². The van der Waals surface area contributed by atoms with Crippen LogP contribution in [0.4, 0.5) is 4.79 Å². The molecule has 6 heteroatoms. The van der Waals surface area contributed by atoms with E-state index >= 15 is 0 Å². The summed E-state index contributed by atoms with van der Waals surface area (Å²) in [5.74, 6) is -0.637. The number of thioether (sulfide) groups is 1. The summed E-state index contributed by atoms with van der Waals surface area (Å²) in [6.07, 6.45) is 1.74. The second-order valence-electron chi connectivity index (χ2n) is 7.32. The van der Waals surface area contributed by atoms with Crippen LogP contribution in [0.3, 0.4) is 0 Å². The zero-order valence-corrected chi connectivity index (χ0v) is 17.3. The summed E-state index contributed by atoms with van der Waals surface area (Å²) >= 11 is 0.883. The maximum absolute atomic E-state index is 12.8. The van der Waals surface area contributed by atoms with E-state index in [1.54, 1.807) is 11.0 Å². The van der Waals surface area contributed by atoms with E-state index < -0.39 is 11.1 Å². The summed E-state index contributed by atoms with van der Waals surface area (Å²) in [4.78, 5) is 40.9.